The molecule has 1 rings (SSSR count). The molecule has 1 aliphatic heterocycles. The monoisotopic (exact) mass is 181 g/mol. The maximum Gasteiger partial charge on any atom is 0.377 e. The summed E-state index contributed by atoms with van der Waals surface area (Å²) in [6, 6.07) is 0. The van der Waals surface area contributed by atoms with E-state index in [9.17, 15) is 9.90 Å². The Kier molecular flexibility index (Phi) is 1.03. The molecule has 6 nitrogen and oxygen atoms in total. The van der Waals surface area contributed by atoms with Crippen LogP contribution in [0.5, 0.6) is 0 Å². The smallest absolute Gasteiger partial charge is 0.377 e. The molecule has 0 aromatic rings. The third-order valence-corrected chi connectivity index (χ3v) is 1.13. The van der Waals surface area contributed by atoms with Crippen molar-refractivity contribution in [2.24, 2.45) is 0 Å². The van der Waals surface area contributed by atoms with Gasteiger partial charge in [-0.2, -0.15) is 0 Å². The number of aliphatic hydroxyl groups excluding tert-OH is 2. The molecule has 12 heavy (non-hydrogen) atoms. The van der Waals surface area contributed by atoms with Crippen molar-refractivity contribution < 1.29 is 35.4 Å². The molecule has 0 aromatic heterocycles. The van der Waals surface area contributed by atoms with E-state index in [1.54, 1.807) is 0 Å². The predicted molar refractivity (Wildman–Crippen MR) is 35.3 cm³/mol. The van der Waals surface area contributed by atoms with E-state index in [0.29, 0.717) is 0 Å². The topological polar surface area (TPSA) is 107 Å². The minimum atomic E-state index is -3.71. The number of ether oxygens (including phenoxy) is 1. The molecule has 0 fully saturated rings. The molecular formula is C6H8O6. The standard InChI is InChI=1S/C6H8O6/c7-1-2(8)5-3(9)4(10)6(11)12-5/h2,5,7-10H,1H2/t2-,5+/m0/s1/i1D2,2D,5D/hD. The van der Waals surface area contributed by atoms with Gasteiger partial charge in [0.25, 0.3) is 1.43 Å². The fraction of sp³-hybridized carbons (Fsp3) is 0.500. The molecule has 6 heteroatoms. The van der Waals surface area contributed by atoms with Crippen LogP contribution in [0.15, 0.2) is 11.5 Å². The molecule has 0 spiro atoms. The lowest BCUT2D eigenvalue weighted by atomic mass is 10.2. The molecule has 0 bridgehead atoms. The quantitative estimate of drug-likeness (QED) is 0.398. The van der Waals surface area contributed by atoms with Gasteiger partial charge >= 0.3 is 5.97 Å². The summed E-state index contributed by atoms with van der Waals surface area (Å²) < 4.78 is 38.7. The second-order valence-corrected chi connectivity index (χ2v) is 1.86. The highest BCUT2D eigenvalue weighted by Crippen LogP contribution is 2.20. The number of carbonyl (C=O) groups excluding carboxylic acids is 1. The van der Waals surface area contributed by atoms with Gasteiger partial charge in [-0.3, -0.25) is 0 Å². The Morgan fingerprint density at radius 2 is 2.67 bits per heavy atom. The van der Waals surface area contributed by atoms with E-state index in [1.165, 1.54) is 0 Å². The van der Waals surface area contributed by atoms with Crippen molar-refractivity contribution in [2.75, 3.05) is 6.56 Å². The maximum atomic E-state index is 10.9. The summed E-state index contributed by atoms with van der Waals surface area (Å²) in [4.78, 5) is 10.9. The number of carbonyl (C=O) groups is 1. The van der Waals surface area contributed by atoms with Crippen LogP contribution in [0.2, 0.25) is 0 Å². The van der Waals surface area contributed by atoms with Crippen molar-refractivity contribution in [3.8, 4) is 0 Å². The third-order valence-electron chi connectivity index (χ3n) is 1.13. The van der Waals surface area contributed by atoms with Gasteiger partial charge < -0.3 is 25.2 Å². The summed E-state index contributed by atoms with van der Waals surface area (Å²) in [7, 11) is 0. The fourth-order valence-electron chi connectivity index (χ4n) is 0.594. The van der Waals surface area contributed by atoms with Crippen LogP contribution in [0, 0.1) is 0 Å². The largest absolute Gasteiger partial charge is 0.505 e. The molecule has 0 aromatic carbocycles. The zero-order valence-electron chi connectivity index (χ0n) is 10.6. The first-order chi connectivity index (χ1) is 7.49. The van der Waals surface area contributed by atoms with Gasteiger partial charge in [0.15, 0.2) is 11.8 Å². The molecule has 0 radical (unpaired) electrons. The summed E-state index contributed by atoms with van der Waals surface area (Å²) in [5.41, 5.74) is 0. The van der Waals surface area contributed by atoms with E-state index in [-0.39, 0.29) is 0 Å². The molecule has 0 amide bonds. The zero-order chi connectivity index (χ0) is 13.6. The van der Waals surface area contributed by atoms with Crippen molar-refractivity contribution in [1.82, 2.24) is 0 Å². The van der Waals surface area contributed by atoms with Gasteiger partial charge in [-0.05, 0) is 0 Å². The molecule has 0 saturated carbocycles. The molecule has 0 unspecified atom stereocenters. The SMILES string of the molecule is [2H]OC1=C(O)C(=O)O[C@]1([2H])[C@@]([2H])(O)C([2H])([2H])O. The van der Waals surface area contributed by atoms with Crippen molar-refractivity contribution in [1.29, 1.82) is 1.43 Å². The van der Waals surface area contributed by atoms with Crippen LogP contribution in [0.25, 0.3) is 1.43 Å². The lowest BCUT2D eigenvalue weighted by molar-refractivity contribution is -0.147. The minimum absolute atomic E-state index is 1.29. The van der Waals surface area contributed by atoms with Crippen LogP contribution in [0.1, 0.15) is 5.48 Å². The Morgan fingerprint density at radius 3 is 3.17 bits per heavy atom. The predicted octanol–water partition coefficient (Wildman–Crippen LogP) is -1.41. The van der Waals surface area contributed by atoms with Gasteiger partial charge in [-0.1, -0.05) is 0 Å². The number of rotatable bonds is 3. The van der Waals surface area contributed by atoms with Crippen LogP contribution < -0.4 is 0 Å². The zero-order valence-corrected chi connectivity index (χ0v) is 5.57. The van der Waals surface area contributed by atoms with Gasteiger partial charge in [0.1, 0.15) is 6.08 Å². The summed E-state index contributed by atoms with van der Waals surface area (Å²) >= 11 is 0. The van der Waals surface area contributed by atoms with E-state index in [1.807, 2.05) is 0 Å². The minimum Gasteiger partial charge on any atom is -0.505 e. The highest BCUT2D eigenvalue weighted by molar-refractivity contribution is 5.89. The molecular weight excluding hydrogens is 168 g/mol. The van der Waals surface area contributed by atoms with E-state index in [4.69, 9.17) is 17.1 Å². The Labute approximate surface area is 74.4 Å². The Bertz CT molecular complexity index is 387. The summed E-state index contributed by atoms with van der Waals surface area (Å²) in [5, 5.41) is 31.1. The molecule has 0 saturated heterocycles. The van der Waals surface area contributed by atoms with Crippen LogP contribution in [0.4, 0.5) is 0 Å². The van der Waals surface area contributed by atoms with Crippen molar-refractivity contribution in [3.63, 3.8) is 0 Å². The Morgan fingerprint density at radius 1 is 2.00 bits per heavy atom. The molecule has 4 N–H and O–H groups in total. The van der Waals surface area contributed by atoms with E-state index in [2.05, 4.69) is 9.85 Å². The number of hydrogen-bond acceptors (Lipinski definition) is 6. The van der Waals surface area contributed by atoms with Crippen LogP contribution in [-0.4, -0.2) is 45.1 Å². The van der Waals surface area contributed by atoms with Crippen molar-refractivity contribution in [3.05, 3.63) is 11.5 Å². The number of cyclic esters (lactones) is 1. The highest BCUT2D eigenvalue weighted by Gasteiger charge is 2.38. The fourth-order valence-corrected chi connectivity index (χ4v) is 0.594. The van der Waals surface area contributed by atoms with Crippen molar-refractivity contribution >= 4 is 5.97 Å². The highest BCUT2D eigenvalue weighted by atomic mass is 16.6. The molecule has 1 heterocycles. The first kappa shape index (κ1) is 4.11. The summed E-state index contributed by atoms with van der Waals surface area (Å²) in [6.07, 6.45) is -7.01. The van der Waals surface area contributed by atoms with Gasteiger partial charge in [-0.25, -0.2) is 4.79 Å². The normalized spacial score (nSPS) is 41.5. The molecule has 0 aliphatic carbocycles. The Hall–Kier alpha value is -1.27. The van der Waals surface area contributed by atoms with Gasteiger partial charge in [-0.15, -0.1) is 0 Å². The van der Waals surface area contributed by atoms with Crippen LogP contribution >= 0.6 is 0 Å². The average Bonchev–Trinajstić information content (AvgIpc) is 2.37. The lowest BCUT2D eigenvalue weighted by Gasteiger charge is -2.13. The third kappa shape index (κ3) is 1.21. The van der Waals surface area contributed by atoms with E-state index < -0.39 is 36.2 Å². The summed E-state index contributed by atoms with van der Waals surface area (Å²) in [5.74, 6) is -4.24. The van der Waals surface area contributed by atoms with Crippen LogP contribution in [-0.2, 0) is 9.53 Å². The number of esters is 1. The molecule has 68 valence electrons. The maximum absolute atomic E-state index is 10.9. The first-order valence-electron chi connectivity index (χ1n) is 5.15. The van der Waals surface area contributed by atoms with Gasteiger partial charge in [0.2, 0.25) is 5.76 Å². The Balaban J connectivity index is 3.36. The number of hydrogen-bond donors (Lipinski definition) is 4. The van der Waals surface area contributed by atoms with E-state index >= 15 is 0 Å². The second kappa shape index (κ2) is 3.00. The van der Waals surface area contributed by atoms with Crippen LogP contribution in [0.3, 0.4) is 0 Å². The van der Waals surface area contributed by atoms with Gasteiger partial charge in [0.05, 0.1) is 12.0 Å². The van der Waals surface area contributed by atoms with Crippen molar-refractivity contribution in [2.45, 2.75) is 12.2 Å². The summed E-state index contributed by atoms with van der Waals surface area (Å²) in [6.45, 7) is -3.68. The second-order valence-electron chi connectivity index (χ2n) is 1.86. The molecule has 1 aliphatic rings. The first-order valence-corrected chi connectivity index (χ1v) is 2.74. The average molecular weight is 181 g/mol. The molecule has 2 atom stereocenters. The van der Waals surface area contributed by atoms with Gasteiger partial charge in [0, 0.05) is 0 Å². The van der Waals surface area contributed by atoms with E-state index in [0.717, 1.165) is 0 Å². The lowest BCUT2D eigenvalue weighted by Crippen LogP contribution is -2.31. The number of aliphatic hydroxyl groups is 4.